The number of nitrogens with zero attached hydrogens (tertiary/aromatic N) is 1. The molecule has 0 aliphatic heterocycles. The molecule has 0 amide bonds. The zero-order valence-electron chi connectivity index (χ0n) is 15.7. The summed E-state index contributed by atoms with van der Waals surface area (Å²) in [6, 6.07) is -0.501. The van der Waals surface area contributed by atoms with Gasteiger partial charge in [0.1, 0.15) is 0 Å². The molecule has 0 N–H and O–H groups in total. The van der Waals surface area contributed by atoms with Gasteiger partial charge in [-0.2, -0.15) is 0 Å². The van der Waals surface area contributed by atoms with E-state index >= 15 is 0 Å². The number of carboxylic acids is 1. The summed E-state index contributed by atoms with van der Waals surface area (Å²) >= 11 is 0. The molecule has 0 aromatic carbocycles. The zero-order chi connectivity index (χ0) is 16.6. The molecule has 0 saturated heterocycles. The second kappa shape index (κ2) is 17.9. The van der Waals surface area contributed by atoms with E-state index in [1.54, 1.807) is 6.92 Å². The van der Waals surface area contributed by atoms with Crippen LogP contribution in [0.25, 0.3) is 0 Å². The maximum absolute atomic E-state index is 11.1. The molecule has 0 aromatic rings. The van der Waals surface area contributed by atoms with Crippen molar-refractivity contribution in [3.63, 3.8) is 0 Å². The Morgan fingerprint density at radius 3 is 1.65 bits per heavy atom. The normalized spacial score (nSPS) is 12.9. The van der Waals surface area contributed by atoms with Crippen molar-refractivity contribution in [1.82, 2.24) is 4.90 Å². The molecule has 0 aliphatic carbocycles. The van der Waals surface area contributed by atoms with Crippen LogP contribution in [0.2, 0.25) is 0 Å². The summed E-state index contributed by atoms with van der Waals surface area (Å²) in [7, 11) is 0. The van der Waals surface area contributed by atoms with Crippen LogP contribution in [0.4, 0.5) is 0 Å². The minimum absolute atomic E-state index is 0. The van der Waals surface area contributed by atoms with Gasteiger partial charge in [-0.15, -0.1) is 0 Å². The van der Waals surface area contributed by atoms with Crippen LogP contribution in [0.5, 0.6) is 0 Å². The summed E-state index contributed by atoms with van der Waals surface area (Å²) < 4.78 is 0. The predicted octanol–water partition coefficient (Wildman–Crippen LogP) is 0.704. The number of rotatable bonds is 14. The van der Waals surface area contributed by atoms with Gasteiger partial charge in [0.05, 0.1) is 5.97 Å². The number of carbonyl (C=O) groups is 1. The van der Waals surface area contributed by atoms with Crippen LogP contribution < -0.4 is 24.0 Å². The van der Waals surface area contributed by atoms with Gasteiger partial charge in [-0.3, -0.25) is 4.90 Å². The van der Waals surface area contributed by atoms with Gasteiger partial charge < -0.3 is 9.90 Å². The second-order valence-electron chi connectivity index (χ2n) is 5.84. The van der Waals surface area contributed by atoms with Gasteiger partial charge in [-0.1, -0.05) is 51.0 Å². The summed E-state index contributed by atoms with van der Waals surface area (Å²) in [6.45, 7) is 7.72. The smallest absolute Gasteiger partial charge is 0.548 e. The molecule has 1 atom stereocenters. The van der Waals surface area contributed by atoms with Crippen molar-refractivity contribution in [1.29, 1.82) is 0 Å². The second-order valence-corrected chi connectivity index (χ2v) is 5.84. The maximum Gasteiger partial charge on any atom is 1.00 e. The summed E-state index contributed by atoms with van der Waals surface area (Å²) in [6.07, 6.45) is 17.5. The van der Waals surface area contributed by atoms with E-state index in [1.807, 2.05) is 4.90 Å². The van der Waals surface area contributed by atoms with Gasteiger partial charge in [0.15, 0.2) is 0 Å². The first-order chi connectivity index (χ1) is 10.6. The largest absolute Gasteiger partial charge is 1.00 e. The first-order valence-corrected chi connectivity index (χ1v) is 8.88. The number of carbonyl (C=O) groups excluding carboxylic acids is 1. The molecule has 3 nitrogen and oxygen atoms in total. The molecule has 23 heavy (non-hydrogen) atoms. The number of hydrogen-bond acceptors (Lipinski definition) is 3. The van der Waals surface area contributed by atoms with E-state index in [2.05, 4.69) is 38.2 Å². The molecule has 0 aromatic heterocycles. The van der Waals surface area contributed by atoms with Crippen LogP contribution in [0.15, 0.2) is 24.3 Å². The van der Waals surface area contributed by atoms with Crippen LogP contribution in [-0.4, -0.2) is 30.0 Å². The Morgan fingerprint density at radius 1 is 0.913 bits per heavy atom. The fourth-order valence-corrected chi connectivity index (χ4v) is 2.28. The number of hydrogen-bond donors (Lipinski definition) is 0. The van der Waals surface area contributed by atoms with Gasteiger partial charge in [-0.05, 0) is 58.5 Å². The average Bonchev–Trinajstić information content (AvgIpc) is 2.51. The van der Waals surface area contributed by atoms with E-state index in [0.717, 1.165) is 51.6 Å². The van der Waals surface area contributed by atoms with Gasteiger partial charge >= 0.3 is 18.9 Å². The standard InChI is InChI=1S/C19H35NO2.Li/c1-4-6-8-10-12-14-16-20(18(3)19(21)22)17-15-13-11-9-7-5-2;/h8-11,18H,4-7,12-17H2,1-3H3,(H,21,22);/q;+1/p-1/b10-8+,11-9+;. The summed E-state index contributed by atoms with van der Waals surface area (Å²) in [4.78, 5) is 13.1. The van der Waals surface area contributed by atoms with Gasteiger partial charge in [-0.25, -0.2) is 0 Å². The van der Waals surface area contributed by atoms with Crippen LogP contribution >= 0.6 is 0 Å². The SMILES string of the molecule is CCC/C=C/CCCN(CCC/C=C/CCC)C(C)C(=O)[O-].[Li+]. The van der Waals surface area contributed by atoms with E-state index in [-0.39, 0.29) is 18.9 Å². The molecule has 1 unspecified atom stereocenters. The Kier molecular flexibility index (Phi) is 19.2. The third-order valence-electron chi connectivity index (χ3n) is 3.77. The zero-order valence-corrected chi connectivity index (χ0v) is 15.7. The average molecular weight is 315 g/mol. The minimum Gasteiger partial charge on any atom is -0.548 e. The van der Waals surface area contributed by atoms with Gasteiger partial charge in [0.2, 0.25) is 0 Å². The van der Waals surface area contributed by atoms with Gasteiger partial charge in [0, 0.05) is 6.04 Å². The monoisotopic (exact) mass is 315 g/mol. The third-order valence-corrected chi connectivity index (χ3v) is 3.77. The fraction of sp³-hybridized carbons (Fsp3) is 0.737. The summed E-state index contributed by atoms with van der Waals surface area (Å²) in [5.41, 5.74) is 0. The number of unbranched alkanes of at least 4 members (excludes halogenated alkanes) is 4. The number of aliphatic carboxylic acids is 1. The van der Waals surface area contributed by atoms with Crippen LogP contribution in [0.1, 0.15) is 72.1 Å². The topological polar surface area (TPSA) is 43.4 Å². The van der Waals surface area contributed by atoms with Crippen molar-refractivity contribution in [3.05, 3.63) is 24.3 Å². The molecule has 0 rings (SSSR count). The van der Waals surface area contributed by atoms with E-state index in [1.165, 1.54) is 12.8 Å². The molecule has 4 heteroatoms. The van der Waals surface area contributed by atoms with Crippen molar-refractivity contribution in [2.45, 2.75) is 78.2 Å². The molecule has 128 valence electrons. The number of allylic oxidation sites excluding steroid dienone is 4. The molecule has 0 fully saturated rings. The Hall–Kier alpha value is -0.493. The molecule has 0 spiro atoms. The molecule has 0 heterocycles. The molecule has 0 bridgehead atoms. The maximum atomic E-state index is 11.1. The Labute approximate surface area is 155 Å². The Balaban J connectivity index is 0. The Morgan fingerprint density at radius 2 is 1.30 bits per heavy atom. The molecule has 0 radical (unpaired) electrons. The fourth-order valence-electron chi connectivity index (χ4n) is 2.28. The van der Waals surface area contributed by atoms with Gasteiger partial charge in [0.25, 0.3) is 0 Å². The molecule has 0 aliphatic rings. The summed E-state index contributed by atoms with van der Waals surface area (Å²) in [5, 5.41) is 11.1. The quantitative estimate of drug-likeness (QED) is 0.269. The van der Waals surface area contributed by atoms with Crippen molar-refractivity contribution in [3.8, 4) is 0 Å². The van der Waals surface area contributed by atoms with Crippen LogP contribution in [0.3, 0.4) is 0 Å². The molecular weight excluding hydrogens is 281 g/mol. The van der Waals surface area contributed by atoms with Crippen molar-refractivity contribution >= 4 is 5.97 Å². The molecule has 0 saturated carbocycles. The van der Waals surface area contributed by atoms with E-state index in [9.17, 15) is 9.90 Å². The van der Waals surface area contributed by atoms with E-state index in [0.29, 0.717) is 0 Å². The molecular formula is C19H34LiNO2. The van der Waals surface area contributed by atoms with Crippen molar-refractivity contribution in [2.24, 2.45) is 0 Å². The van der Waals surface area contributed by atoms with E-state index < -0.39 is 12.0 Å². The predicted molar refractivity (Wildman–Crippen MR) is 92.6 cm³/mol. The van der Waals surface area contributed by atoms with Crippen LogP contribution in [-0.2, 0) is 4.79 Å². The minimum atomic E-state index is -0.969. The summed E-state index contributed by atoms with van der Waals surface area (Å²) in [5.74, 6) is -0.969. The van der Waals surface area contributed by atoms with Crippen molar-refractivity contribution in [2.75, 3.05) is 13.1 Å². The first kappa shape index (κ1) is 24.8. The number of carboxylic acid groups (broad SMARTS) is 1. The van der Waals surface area contributed by atoms with E-state index in [4.69, 9.17) is 0 Å². The first-order valence-electron chi connectivity index (χ1n) is 8.88. The third kappa shape index (κ3) is 14.8. The van der Waals surface area contributed by atoms with Crippen molar-refractivity contribution < 1.29 is 28.8 Å². The Bertz CT molecular complexity index is 307. The van der Waals surface area contributed by atoms with Crippen LogP contribution in [0, 0.1) is 0 Å².